The molecule has 2 aliphatic rings. The molecule has 0 saturated carbocycles. The number of hydrogen-bond donors (Lipinski definition) is 0. The highest BCUT2D eigenvalue weighted by Crippen LogP contribution is 2.41. The van der Waals surface area contributed by atoms with Crippen LogP contribution in [0.4, 0.5) is 8.78 Å². The first kappa shape index (κ1) is 11.8. The van der Waals surface area contributed by atoms with E-state index in [1.54, 1.807) is 0 Å². The Morgan fingerprint density at radius 1 is 1.33 bits per heavy atom. The van der Waals surface area contributed by atoms with Crippen molar-refractivity contribution in [2.45, 2.75) is 18.8 Å². The highest BCUT2D eigenvalue weighted by atomic mass is 19.1. The number of fused-ring (bicyclic) bond motifs is 3. The molecular formula is C14H15F2NO. The highest BCUT2D eigenvalue weighted by molar-refractivity contribution is 5.99. The van der Waals surface area contributed by atoms with Gasteiger partial charge in [-0.2, -0.15) is 0 Å². The maximum absolute atomic E-state index is 13.8. The van der Waals surface area contributed by atoms with Gasteiger partial charge < -0.3 is 4.90 Å². The number of halogens is 2. The fraction of sp³-hybridized carbons (Fsp3) is 0.500. The fourth-order valence-corrected chi connectivity index (χ4v) is 3.28. The van der Waals surface area contributed by atoms with Crippen LogP contribution in [0.15, 0.2) is 12.1 Å². The van der Waals surface area contributed by atoms with Gasteiger partial charge in [-0.1, -0.05) is 0 Å². The van der Waals surface area contributed by atoms with Crippen LogP contribution in [-0.2, 0) is 0 Å². The minimum atomic E-state index is -0.707. The minimum Gasteiger partial charge on any atom is -0.306 e. The molecule has 0 unspecified atom stereocenters. The van der Waals surface area contributed by atoms with Gasteiger partial charge in [0.1, 0.15) is 11.6 Å². The molecule has 1 aliphatic heterocycles. The summed E-state index contributed by atoms with van der Waals surface area (Å²) < 4.78 is 27.1. The van der Waals surface area contributed by atoms with Crippen LogP contribution in [-0.4, -0.2) is 30.8 Å². The Balaban J connectivity index is 2.12. The lowest BCUT2D eigenvalue weighted by atomic mass is 9.71. The molecule has 0 spiro atoms. The monoisotopic (exact) mass is 251 g/mol. The normalized spacial score (nSPS) is 27.8. The van der Waals surface area contributed by atoms with Crippen molar-refractivity contribution in [3.8, 4) is 0 Å². The summed E-state index contributed by atoms with van der Waals surface area (Å²) in [5, 5.41) is 0. The van der Waals surface area contributed by atoms with Gasteiger partial charge in [0.2, 0.25) is 0 Å². The second kappa shape index (κ2) is 4.12. The van der Waals surface area contributed by atoms with Crippen molar-refractivity contribution in [1.29, 1.82) is 0 Å². The van der Waals surface area contributed by atoms with Gasteiger partial charge in [0, 0.05) is 24.9 Å². The lowest BCUT2D eigenvalue weighted by molar-refractivity contribution is 0.0881. The summed E-state index contributed by atoms with van der Waals surface area (Å²) in [6, 6.07) is 2.15. The third kappa shape index (κ3) is 1.75. The molecule has 1 aliphatic carbocycles. The smallest absolute Gasteiger partial charge is 0.166 e. The summed E-state index contributed by atoms with van der Waals surface area (Å²) in [5.74, 6) is -1.15. The van der Waals surface area contributed by atoms with E-state index in [2.05, 4.69) is 4.90 Å². The Morgan fingerprint density at radius 2 is 2.11 bits per heavy atom. The number of carbonyl (C=O) groups excluding carboxylic acids is 1. The van der Waals surface area contributed by atoms with Crippen molar-refractivity contribution in [2.24, 2.45) is 5.92 Å². The van der Waals surface area contributed by atoms with Gasteiger partial charge in [0.25, 0.3) is 0 Å². The van der Waals surface area contributed by atoms with Crippen LogP contribution in [0.1, 0.15) is 34.7 Å². The molecule has 2 atom stereocenters. The topological polar surface area (TPSA) is 20.3 Å². The van der Waals surface area contributed by atoms with E-state index < -0.39 is 11.6 Å². The molecule has 0 aromatic heterocycles. The molecule has 4 heteroatoms. The van der Waals surface area contributed by atoms with Crippen LogP contribution in [0.5, 0.6) is 0 Å². The quantitative estimate of drug-likeness (QED) is 0.706. The molecule has 1 heterocycles. The SMILES string of the molecule is CN1CC[C@@H]2CC(=O)c3c(F)cc(F)cc3[C@H]2C1. The van der Waals surface area contributed by atoms with Gasteiger partial charge in [-0.15, -0.1) is 0 Å². The van der Waals surface area contributed by atoms with E-state index in [1.165, 1.54) is 6.07 Å². The molecular weight excluding hydrogens is 236 g/mol. The number of likely N-dealkylation sites (tertiary alicyclic amines) is 1. The predicted molar refractivity (Wildman–Crippen MR) is 63.7 cm³/mol. The van der Waals surface area contributed by atoms with Crippen molar-refractivity contribution >= 4 is 5.78 Å². The summed E-state index contributed by atoms with van der Waals surface area (Å²) in [6.07, 6.45) is 1.32. The van der Waals surface area contributed by atoms with E-state index in [4.69, 9.17) is 0 Å². The predicted octanol–water partition coefficient (Wildman–Crippen LogP) is 2.59. The van der Waals surface area contributed by atoms with Gasteiger partial charge in [-0.25, -0.2) is 8.78 Å². The van der Waals surface area contributed by atoms with E-state index in [1.807, 2.05) is 7.05 Å². The molecule has 2 nitrogen and oxygen atoms in total. The Hall–Kier alpha value is -1.29. The van der Waals surface area contributed by atoms with E-state index in [0.29, 0.717) is 12.0 Å². The first-order chi connectivity index (χ1) is 8.56. The molecule has 18 heavy (non-hydrogen) atoms. The molecule has 3 rings (SSSR count). The first-order valence-corrected chi connectivity index (χ1v) is 6.27. The van der Waals surface area contributed by atoms with Gasteiger partial charge in [-0.05, 0) is 37.6 Å². The van der Waals surface area contributed by atoms with Gasteiger partial charge in [-0.3, -0.25) is 4.79 Å². The number of ketones is 1. The number of carbonyl (C=O) groups is 1. The number of hydrogen-bond acceptors (Lipinski definition) is 2. The summed E-state index contributed by atoms with van der Waals surface area (Å²) in [4.78, 5) is 14.1. The Labute approximate surface area is 105 Å². The third-order valence-electron chi connectivity index (χ3n) is 4.17. The third-order valence-corrected chi connectivity index (χ3v) is 4.17. The highest BCUT2D eigenvalue weighted by Gasteiger charge is 2.38. The van der Waals surface area contributed by atoms with E-state index >= 15 is 0 Å². The van der Waals surface area contributed by atoms with Crippen LogP contribution in [0.3, 0.4) is 0 Å². The molecule has 0 radical (unpaired) electrons. The summed E-state index contributed by atoms with van der Waals surface area (Å²) in [7, 11) is 2.00. The zero-order valence-corrected chi connectivity index (χ0v) is 10.2. The average molecular weight is 251 g/mol. The van der Waals surface area contributed by atoms with E-state index in [9.17, 15) is 13.6 Å². The first-order valence-electron chi connectivity index (χ1n) is 6.27. The fourth-order valence-electron chi connectivity index (χ4n) is 3.28. The number of nitrogens with zero attached hydrogens (tertiary/aromatic N) is 1. The van der Waals surface area contributed by atoms with Crippen molar-refractivity contribution in [3.63, 3.8) is 0 Å². The van der Waals surface area contributed by atoms with Crippen molar-refractivity contribution in [3.05, 3.63) is 34.9 Å². The number of Topliss-reactive ketones (excluding diaryl/α,β-unsaturated/α-hetero) is 1. The van der Waals surface area contributed by atoms with Crippen LogP contribution in [0.2, 0.25) is 0 Å². The lowest BCUT2D eigenvalue weighted by Crippen LogP contribution is -2.40. The van der Waals surface area contributed by atoms with Crippen molar-refractivity contribution in [1.82, 2.24) is 4.90 Å². The molecule has 1 fully saturated rings. The summed E-state index contributed by atoms with van der Waals surface area (Å²) in [5.41, 5.74) is 0.688. The summed E-state index contributed by atoms with van der Waals surface area (Å²) >= 11 is 0. The molecule has 96 valence electrons. The average Bonchev–Trinajstić information content (AvgIpc) is 2.29. The van der Waals surface area contributed by atoms with Gasteiger partial charge >= 0.3 is 0 Å². The minimum absolute atomic E-state index is 0.0849. The molecule has 0 bridgehead atoms. The van der Waals surface area contributed by atoms with Gasteiger partial charge in [0.15, 0.2) is 5.78 Å². The lowest BCUT2D eigenvalue weighted by Gasteiger charge is -2.40. The van der Waals surface area contributed by atoms with Crippen LogP contribution in [0, 0.1) is 17.6 Å². The number of likely N-dealkylation sites (N-methyl/N-ethyl adjacent to an activating group) is 1. The zero-order chi connectivity index (χ0) is 12.9. The number of benzene rings is 1. The number of piperidine rings is 1. The van der Waals surface area contributed by atoms with Crippen LogP contribution < -0.4 is 0 Å². The van der Waals surface area contributed by atoms with E-state index in [0.717, 1.165) is 25.6 Å². The molecule has 0 N–H and O–H groups in total. The van der Waals surface area contributed by atoms with Crippen LogP contribution >= 0.6 is 0 Å². The standard InChI is InChI=1S/C14H15F2NO/c1-17-3-2-8-4-13(18)14-10(11(8)7-17)5-9(15)6-12(14)16/h5-6,8,11H,2-4,7H2,1H3/t8-,11+/m1/s1. The van der Waals surface area contributed by atoms with Crippen LogP contribution in [0.25, 0.3) is 0 Å². The van der Waals surface area contributed by atoms with E-state index in [-0.39, 0.29) is 23.2 Å². The maximum atomic E-state index is 13.8. The maximum Gasteiger partial charge on any atom is 0.166 e. The second-order valence-electron chi connectivity index (χ2n) is 5.40. The Bertz CT molecular complexity index is 515. The summed E-state index contributed by atoms with van der Waals surface area (Å²) in [6.45, 7) is 1.72. The largest absolute Gasteiger partial charge is 0.306 e. The molecule has 1 aromatic carbocycles. The van der Waals surface area contributed by atoms with Crippen molar-refractivity contribution < 1.29 is 13.6 Å². The molecule has 1 aromatic rings. The molecule has 0 amide bonds. The molecule has 1 saturated heterocycles. The number of rotatable bonds is 0. The van der Waals surface area contributed by atoms with Crippen molar-refractivity contribution in [2.75, 3.05) is 20.1 Å². The Kier molecular flexibility index (Phi) is 2.70. The Morgan fingerprint density at radius 3 is 2.89 bits per heavy atom. The van der Waals surface area contributed by atoms with Gasteiger partial charge in [0.05, 0.1) is 5.56 Å². The second-order valence-corrected chi connectivity index (χ2v) is 5.40. The zero-order valence-electron chi connectivity index (χ0n) is 10.2.